The van der Waals surface area contributed by atoms with E-state index in [1.54, 1.807) is 0 Å². The highest BCUT2D eigenvalue weighted by atomic mass is 16.5. The first kappa shape index (κ1) is 12.8. The van der Waals surface area contributed by atoms with Gasteiger partial charge in [0.1, 0.15) is 0 Å². The van der Waals surface area contributed by atoms with Gasteiger partial charge in [0.05, 0.1) is 12.0 Å². The van der Waals surface area contributed by atoms with Crippen LogP contribution < -0.4 is 10.6 Å². The lowest BCUT2D eigenvalue weighted by Gasteiger charge is -2.23. The highest BCUT2D eigenvalue weighted by Crippen LogP contribution is 2.20. The number of carbonyl (C=O) groups is 1. The van der Waals surface area contributed by atoms with Gasteiger partial charge in [-0.3, -0.25) is 4.79 Å². The quantitative estimate of drug-likeness (QED) is 0.768. The zero-order valence-electron chi connectivity index (χ0n) is 10.7. The summed E-state index contributed by atoms with van der Waals surface area (Å²) in [6, 6.07) is 0. The number of hydrogen-bond acceptors (Lipinski definition) is 3. The lowest BCUT2D eigenvalue weighted by atomic mass is 9.96. The first-order chi connectivity index (χ1) is 8.27. The molecule has 0 spiro atoms. The predicted octanol–water partition coefficient (Wildman–Crippen LogP) is 0.917. The molecule has 4 heteroatoms. The number of piperidine rings is 1. The monoisotopic (exact) mass is 240 g/mol. The third-order valence-corrected chi connectivity index (χ3v) is 3.96. The molecular weight excluding hydrogens is 216 g/mol. The highest BCUT2D eigenvalue weighted by Gasteiger charge is 2.30. The standard InChI is InChI=1S/C13H24N2O2/c1-10-12(5-8-17-10)13(16)15-7-4-11-3-2-6-14-9-11/h10-12,14H,2-9H2,1H3,(H,15,16). The Morgan fingerprint density at radius 3 is 3.00 bits per heavy atom. The molecule has 2 fully saturated rings. The molecular formula is C13H24N2O2. The van der Waals surface area contributed by atoms with E-state index in [-0.39, 0.29) is 17.9 Å². The van der Waals surface area contributed by atoms with E-state index >= 15 is 0 Å². The summed E-state index contributed by atoms with van der Waals surface area (Å²) in [5.74, 6) is 0.986. The van der Waals surface area contributed by atoms with Crippen LogP contribution in [0.1, 0.15) is 32.6 Å². The Labute approximate surface area is 103 Å². The molecule has 2 aliphatic rings. The van der Waals surface area contributed by atoms with E-state index in [2.05, 4.69) is 10.6 Å². The topological polar surface area (TPSA) is 50.4 Å². The van der Waals surface area contributed by atoms with Crippen LogP contribution in [0.4, 0.5) is 0 Å². The van der Waals surface area contributed by atoms with Crippen LogP contribution in [0.25, 0.3) is 0 Å². The molecule has 0 bridgehead atoms. The van der Waals surface area contributed by atoms with Crippen molar-refractivity contribution < 1.29 is 9.53 Å². The maximum Gasteiger partial charge on any atom is 0.225 e. The van der Waals surface area contributed by atoms with Crippen molar-refractivity contribution in [1.82, 2.24) is 10.6 Å². The summed E-state index contributed by atoms with van der Waals surface area (Å²) in [5, 5.41) is 6.46. The second kappa shape index (κ2) is 6.36. The van der Waals surface area contributed by atoms with Gasteiger partial charge in [0.15, 0.2) is 0 Å². The van der Waals surface area contributed by atoms with E-state index in [0.717, 1.165) is 45.0 Å². The largest absolute Gasteiger partial charge is 0.378 e. The van der Waals surface area contributed by atoms with Crippen LogP contribution in [-0.4, -0.2) is 38.3 Å². The first-order valence-corrected chi connectivity index (χ1v) is 6.87. The Kier molecular flexibility index (Phi) is 4.80. The number of hydrogen-bond donors (Lipinski definition) is 2. The van der Waals surface area contributed by atoms with Gasteiger partial charge in [-0.2, -0.15) is 0 Å². The van der Waals surface area contributed by atoms with Crippen molar-refractivity contribution >= 4 is 5.91 Å². The van der Waals surface area contributed by atoms with Crippen molar-refractivity contribution in [2.45, 2.75) is 38.7 Å². The summed E-state index contributed by atoms with van der Waals surface area (Å²) in [6.07, 6.45) is 4.63. The molecule has 0 radical (unpaired) electrons. The minimum absolute atomic E-state index is 0.0690. The maximum absolute atomic E-state index is 11.9. The number of amides is 1. The molecule has 4 nitrogen and oxygen atoms in total. The molecule has 1 amide bonds. The van der Waals surface area contributed by atoms with Crippen molar-refractivity contribution in [3.8, 4) is 0 Å². The molecule has 2 heterocycles. The van der Waals surface area contributed by atoms with Crippen molar-refractivity contribution in [3.63, 3.8) is 0 Å². The molecule has 0 saturated carbocycles. The normalized spacial score (nSPS) is 33.6. The van der Waals surface area contributed by atoms with Crippen LogP contribution in [0.3, 0.4) is 0 Å². The average Bonchev–Trinajstić information content (AvgIpc) is 2.77. The van der Waals surface area contributed by atoms with Gasteiger partial charge in [0.25, 0.3) is 0 Å². The number of rotatable bonds is 4. The smallest absolute Gasteiger partial charge is 0.225 e. The Bertz CT molecular complexity index is 252. The van der Waals surface area contributed by atoms with Crippen molar-refractivity contribution in [3.05, 3.63) is 0 Å². The Hall–Kier alpha value is -0.610. The number of ether oxygens (including phenoxy) is 1. The Balaban J connectivity index is 1.62. The van der Waals surface area contributed by atoms with Gasteiger partial charge in [0, 0.05) is 13.2 Å². The van der Waals surface area contributed by atoms with Gasteiger partial charge in [-0.1, -0.05) is 0 Å². The zero-order chi connectivity index (χ0) is 12.1. The Morgan fingerprint density at radius 1 is 1.47 bits per heavy atom. The van der Waals surface area contributed by atoms with Gasteiger partial charge in [0.2, 0.25) is 5.91 Å². The molecule has 2 aliphatic heterocycles. The summed E-state index contributed by atoms with van der Waals surface area (Å²) in [7, 11) is 0. The van der Waals surface area contributed by atoms with Gasteiger partial charge in [-0.25, -0.2) is 0 Å². The maximum atomic E-state index is 11.9. The van der Waals surface area contributed by atoms with E-state index in [0.29, 0.717) is 0 Å². The molecule has 3 atom stereocenters. The van der Waals surface area contributed by atoms with Crippen LogP contribution in [0, 0.1) is 11.8 Å². The van der Waals surface area contributed by atoms with Gasteiger partial charge >= 0.3 is 0 Å². The first-order valence-electron chi connectivity index (χ1n) is 6.87. The fourth-order valence-corrected chi connectivity index (χ4v) is 2.78. The summed E-state index contributed by atoms with van der Waals surface area (Å²) in [5.41, 5.74) is 0. The molecule has 98 valence electrons. The third kappa shape index (κ3) is 3.68. The number of carbonyl (C=O) groups excluding carboxylic acids is 1. The van der Waals surface area contributed by atoms with E-state index in [9.17, 15) is 4.79 Å². The molecule has 2 saturated heterocycles. The van der Waals surface area contributed by atoms with E-state index < -0.39 is 0 Å². The molecule has 3 unspecified atom stereocenters. The second-order valence-corrected chi connectivity index (χ2v) is 5.26. The van der Waals surface area contributed by atoms with Gasteiger partial charge in [-0.05, 0) is 51.6 Å². The van der Waals surface area contributed by atoms with Gasteiger partial charge < -0.3 is 15.4 Å². The van der Waals surface area contributed by atoms with E-state index in [4.69, 9.17) is 4.74 Å². The van der Waals surface area contributed by atoms with Crippen molar-refractivity contribution in [2.75, 3.05) is 26.2 Å². The minimum Gasteiger partial charge on any atom is -0.378 e. The zero-order valence-corrected chi connectivity index (χ0v) is 10.7. The van der Waals surface area contributed by atoms with Crippen LogP contribution >= 0.6 is 0 Å². The summed E-state index contributed by atoms with van der Waals surface area (Å²) in [6.45, 7) is 5.79. The molecule has 0 aromatic heterocycles. The third-order valence-electron chi connectivity index (χ3n) is 3.96. The van der Waals surface area contributed by atoms with E-state index in [1.165, 1.54) is 12.8 Å². The van der Waals surface area contributed by atoms with Crippen LogP contribution in [-0.2, 0) is 9.53 Å². The van der Waals surface area contributed by atoms with Crippen molar-refractivity contribution in [2.24, 2.45) is 11.8 Å². The van der Waals surface area contributed by atoms with E-state index in [1.807, 2.05) is 6.92 Å². The fourth-order valence-electron chi connectivity index (χ4n) is 2.78. The highest BCUT2D eigenvalue weighted by molar-refractivity contribution is 5.79. The summed E-state index contributed by atoms with van der Waals surface area (Å²) < 4.78 is 5.41. The SMILES string of the molecule is CC1OCCC1C(=O)NCCC1CCCNC1. The molecule has 0 aliphatic carbocycles. The lowest BCUT2D eigenvalue weighted by Crippen LogP contribution is -2.37. The minimum atomic E-state index is 0.0690. The molecule has 2 N–H and O–H groups in total. The van der Waals surface area contributed by atoms with Gasteiger partial charge in [-0.15, -0.1) is 0 Å². The fraction of sp³-hybridized carbons (Fsp3) is 0.923. The van der Waals surface area contributed by atoms with Crippen LogP contribution in [0.2, 0.25) is 0 Å². The molecule has 0 aromatic carbocycles. The Morgan fingerprint density at radius 2 is 2.35 bits per heavy atom. The van der Waals surface area contributed by atoms with Crippen LogP contribution in [0.15, 0.2) is 0 Å². The van der Waals surface area contributed by atoms with Crippen molar-refractivity contribution in [1.29, 1.82) is 0 Å². The molecule has 2 rings (SSSR count). The average molecular weight is 240 g/mol. The molecule has 17 heavy (non-hydrogen) atoms. The second-order valence-electron chi connectivity index (χ2n) is 5.26. The summed E-state index contributed by atoms with van der Waals surface area (Å²) >= 11 is 0. The lowest BCUT2D eigenvalue weighted by molar-refractivity contribution is -0.126. The predicted molar refractivity (Wildman–Crippen MR) is 66.7 cm³/mol. The summed E-state index contributed by atoms with van der Waals surface area (Å²) in [4.78, 5) is 11.9. The molecule has 0 aromatic rings. The number of nitrogens with one attached hydrogen (secondary N) is 2. The van der Waals surface area contributed by atoms with Crippen LogP contribution in [0.5, 0.6) is 0 Å².